The van der Waals surface area contributed by atoms with Crippen LogP contribution < -0.4 is 4.72 Å². The predicted molar refractivity (Wildman–Crippen MR) is 48.8 cm³/mol. The van der Waals surface area contributed by atoms with Crippen LogP contribution in [0, 0.1) is 0 Å². The highest BCUT2D eigenvalue weighted by Crippen LogP contribution is 2.09. The maximum atomic E-state index is 11.1. The van der Waals surface area contributed by atoms with Crippen molar-refractivity contribution in [3.63, 3.8) is 0 Å². The fourth-order valence-corrected chi connectivity index (χ4v) is 1.28. The molecule has 1 unspecified atom stereocenters. The molecule has 5 heteroatoms. The summed E-state index contributed by atoms with van der Waals surface area (Å²) in [6, 6.07) is 8.22. The number of nitrogens with zero attached hydrogens (tertiary/aromatic N) is 1. The van der Waals surface area contributed by atoms with Gasteiger partial charge in [0, 0.05) is 0 Å². The number of hydrogen-bond acceptors (Lipinski definition) is 3. The minimum Gasteiger partial charge on any atom is -0.376 e. The molecule has 1 radical (unpaired) electrons. The number of rotatable bonds is 3. The lowest BCUT2D eigenvalue weighted by atomic mass is 10.3. The van der Waals surface area contributed by atoms with E-state index in [-0.39, 0.29) is 0 Å². The van der Waals surface area contributed by atoms with Crippen LogP contribution in [0.5, 0.6) is 0 Å². The van der Waals surface area contributed by atoms with Gasteiger partial charge >= 0.3 is 0 Å². The monoisotopic (exact) mass is 200 g/mol. The standard InChI is InChI=1S/C8H10NO3S/c1-7(10)13(11,12)9-8-5-3-2-4-6-8/h2-7,10H,1H3. The van der Waals surface area contributed by atoms with Gasteiger partial charge < -0.3 is 5.11 Å². The van der Waals surface area contributed by atoms with Gasteiger partial charge in [-0.1, -0.05) is 18.2 Å². The Hall–Kier alpha value is -1.07. The second-order valence-electron chi connectivity index (χ2n) is 2.54. The molecule has 0 aliphatic carbocycles. The van der Waals surface area contributed by atoms with Crippen LogP contribution >= 0.6 is 0 Å². The minimum absolute atomic E-state index is 0.323. The second-order valence-corrected chi connectivity index (χ2v) is 4.44. The van der Waals surface area contributed by atoms with Crippen molar-refractivity contribution >= 4 is 15.7 Å². The fourth-order valence-electron chi connectivity index (χ4n) is 0.712. The fraction of sp³-hybridized carbons (Fsp3) is 0.250. The van der Waals surface area contributed by atoms with E-state index in [4.69, 9.17) is 5.11 Å². The average Bonchev–Trinajstić information content (AvgIpc) is 2.05. The minimum atomic E-state index is -3.77. The highest BCUT2D eigenvalue weighted by atomic mass is 32.2. The first-order chi connectivity index (χ1) is 6.02. The molecule has 1 rings (SSSR count). The highest BCUT2D eigenvalue weighted by Gasteiger charge is 2.19. The lowest BCUT2D eigenvalue weighted by Gasteiger charge is -2.05. The van der Waals surface area contributed by atoms with E-state index in [2.05, 4.69) is 4.72 Å². The van der Waals surface area contributed by atoms with Gasteiger partial charge in [-0.2, -0.15) is 4.72 Å². The molecule has 1 N–H and O–H groups in total. The van der Waals surface area contributed by atoms with Crippen molar-refractivity contribution in [1.82, 2.24) is 4.72 Å². The zero-order valence-electron chi connectivity index (χ0n) is 7.08. The lowest BCUT2D eigenvalue weighted by Crippen LogP contribution is -2.23. The van der Waals surface area contributed by atoms with Crippen LogP contribution in [0.2, 0.25) is 0 Å². The first-order valence-electron chi connectivity index (χ1n) is 3.72. The van der Waals surface area contributed by atoms with Gasteiger partial charge in [-0.05, 0) is 19.1 Å². The van der Waals surface area contributed by atoms with Gasteiger partial charge in [-0.15, -0.1) is 0 Å². The van der Waals surface area contributed by atoms with Crippen molar-refractivity contribution in [2.24, 2.45) is 0 Å². The van der Waals surface area contributed by atoms with Crippen LogP contribution in [0.25, 0.3) is 0 Å². The Morgan fingerprint density at radius 3 is 2.31 bits per heavy atom. The quantitative estimate of drug-likeness (QED) is 0.776. The SMILES string of the molecule is CC(O)S(=O)(=O)[N]c1ccccc1. The number of benzene rings is 1. The third-order valence-corrected chi connectivity index (χ3v) is 2.75. The van der Waals surface area contributed by atoms with Gasteiger partial charge in [0.05, 0.1) is 5.69 Å². The van der Waals surface area contributed by atoms with E-state index in [0.29, 0.717) is 5.69 Å². The van der Waals surface area contributed by atoms with Crippen molar-refractivity contribution in [3.8, 4) is 0 Å². The number of sulfonamides is 1. The van der Waals surface area contributed by atoms with Crippen LogP contribution in [0.4, 0.5) is 5.69 Å². The Balaban J connectivity index is 2.82. The molecule has 0 aromatic heterocycles. The van der Waals surface area contributed by atoms with E-state index in [1.54, 1.807) is 30.3 Å². The molecule has 13 heavy (non-hydrogen) atoms. The van der Waals surface area contributed by atoms with Gasteiger partial charge in [0.25, 0.3) is 10.0 Å². The summed E-state index contributed by atoms with van der Waals surface area (Å²) >= 11 is 0. The predicted octanol–water partition coefficient (Wildman–Crippen LogP) is 0.591. The molecule has 0 heterocycles. The summed E-state index contributed by atoms with van der Waals surface area (Å²) in [6.07, 6.45) is 0. The van der Waals surface area contributed by atoms with Gasteiger partial charge in [0.1, 0.15) is 0 Å². The lowest BCUT2D eigenvalue weighted by molar-refractivity contribution is 0.267. The normalized spacial score (nSPS) is 13.7. The van der Waals surface area contributed by atoms with Crippen LogP contribution in [0.3, 0.4) is 0 Å². The molecule has 0 spiro atoms. The number of hydrogen-bond donors (Lipinski definition) is 1. The van der Waals surface area contributed by atoms with E-state index in [1.165, 1.54) is 6.92 Å². The molecule has 71 valence electrons. The molecule has 1 aromatic carbocycles. The molecule has 0 saturated carbocycles. The highest BCUT2D eigenvalue weighted by molar-refractivity contribution is 7.90. The van der Waals surface area contributed by atoms with Gasteiger partial charge in [-0.25, -0.2) is 8.42 Å². The van der Waals surface area contributed by atoms with Gasteiger partial charge in [0.2, 0.25) is 0 Å². The van der Waals surface area contributed by atoms with Crippen LogP contribution in [0.1, 0.15) is 6.92 Å². The van der Waals surface area contributed by atoms with Crippen LogP contribution in [0.15, 0.2) is 30.3 Å². The Morgan fingerprint density at radius 1 is 1.31 bits per heavy atom. The summed E-state index contributed by atoms with van der Waals surface area (Å²) < 4.78 is 25.6. The molecule has 0 fully saturated rings. The van der Waals surface area contributed by atoms with E-state index in [0.717, 1.165) is 0 Å². The molecular weight excluding hydrogens is 190 g/mol. The first-order valence-corrected chi connectivity index (χ1v) is 5.22. The van der Waals surface area contributed by atoms with Crippen molar-refractivity contribution in [1.29, 1.82) is 0 Å². The Morgan fingerprint density at radius 2 is 1.85 bits per heavy atom. The van der Waals surface area contributed by atoms with Gasteiger partial charge in [-0.3, -0.25) is 0 Å². The summed E-state index contributed by atoms with van der Waals surface area (Å²) in [7, 11) is -3.77. The zero-order valence-corrected chi connectivity index (χ0v) is 7.90. The average molecular weight is 200 g/mol. The summed E-state index contributed by atoms with van der Waals surface area (Å²) in [6.45, 7) is 1.17. The summed E-state index contributed by atoms with van der Waals surface area (Å²) in [5.41, 5.74) is -1.14. The maximum Gasteiger partial charge on any atom is 0.280 e. The largest absolute Gasteiger partial charge is 0.376 e. The first kappa shape index (κ1) is 10.0. The smallest absolute Gasteiger partial charge is 0.280 e. The number of aliphatic hydroxyl groups is 1. The van der Waals surface area contributed by atoms with Crippen LogP contribution in [-0.4, -0.2) is 19.0 Å². The molecule has 0 bridgehead atoms. The third-order valence-electron chi connectivity index (χ3n) is 1.42. The summed E-state index contributed by atoms with van der Waals surface area (Å²) in [4.78, 5) is 0. The summed E-state index contributed by atoms with van der Waals surface area (Å²) in [5, 5.41) is 8.86. The Bertz CT molecular complexity index is 358. The van der Waals surface area contributed by atoms with E-state index in [1.807, 2.05) is 0 Å². The summed E-state index contributed by atoms with van der Waals surface area (Å²) in [5.74, 6) is 0. The second kappa shape index (κ2) is 3.76. The van der Waals surface area contributed by atoms with E-state index < -0.39 is 15.5 Å². The third kappa shape index (κ3) is 2.71. The zero-order chi connectivity index (χ0) is 9.90. The number of aliphatic hydroxyl groups excluding tert-OH is 1. The van der Waals surface area contributed by atoms with Gasteiger partial charge in [0.15, 0.2) is 5.44 Å². The molecular formula is C8H10NO3S. The van der Waals surface area contributed by atoms with Crippen LogP contribution in [-0.2, 0) is 10.0 Å². The topological polar surface area (TPSA) is 68.5 Å². The molecule has 1 aromatic rings. The maximum absolute atomic E-state index is 11.1. The van der Waals surface area contributed by atoms with Crippen molar-refractivity contribution in [2.75, 3.05) is 0 Å². The molecule has 0 aliphatic rings. The molecule has 0 amide bonds. The Kier molecular flexibility index (Phi) is 2.90. The van der Waals surface area contributed by atoms with Crippen molar-refractivity contribution in [3.05, 3.63) is 30.3 Å². The Labute approximate surface area is 77.3 Å². The van der Waals surface area contributed by atoms with E-state index in [9.17, 15) is 8.42 Å². The molecule has 0 saturated heterocycles. The van der Waals surface area contributed by atoms with Crippen molar-refractivity contribution < 1.29 is 13.5 Å². The molecule has 0 aliphatic heterocycles. The van der Waals surface area contributed by atoms with E-state index >= 15 is 0 Å². The molecule has 1 atom stereocenters. The van der Waals surface area contributed by atoms with Crippen molar-refractivity contribution in [2.45, 2.75) is 12.4 Å². The molecule has 4 nitrogen and oxygen atoms in total.